The van der Waals surface area contributed by atoms with Gasteiger partial charge in [-0.15, -0.1) is 0 Å². The third-order valence-electron chi connectivity index (χ3n) is 7.23. The molecule has 176 valence electrons. The fourth-order valence-electron chi connectivity index (χ4n) is 5.05. The predicted molar refractivity (Wildman–Crippen MR) is 130 cm³/mol. The van der Waals surface area contributed by atoms with Gasteiger partial charge in [0.15, 0.2) is 6.29 Å². The molecule has 2 rings (SSSR count). The summed E-state index contributed by atoms with van der Waals surface area (Å²) in [4.78, 5) is 11.4. The SMILES string of the molecule is Cc1cc(O)c(C=O)c2c1O[C@@](C)(CCC[C@H](C)CCC[C@H](C)CCCC(C)C)CC2. The summed E-state index contributed by atoms with van der Waals surface area (Å²) in [6.45, 7) is 13.6. The zero-order valence-corrected chi connectivity index (χ0v) is 20.9. The van der Waals surface area contributed by atoms with E-state index in [9.17, 15) is 9.90 Å². The van der Waals surface area contributed by atoms with E-state index >= 15 is 0 Å². The van der Waals surface area contributed by atoms with Crippen LogP contribution in [0, 0.1) is 24.7 Å². The molecule has 1 aromatic rings. The Morgan fingerprint density at radius 1 is 1.03 bits per heavy atom. The van der Waals surface area contributed by atoms with E-state index in [0.29, 0.717) is 5.56 Å². The fourth-order valence-corrected chi connectivity index (χ4v) is 5.05. The number of aryl methyl sites for hydroxylation is 1. The molecular formula is C28H46O3. The minimum absolute atomic E-state index is 0.0709. The lowest BCUT2D eigenvalue weighted by Crippen LogP contribution is -2.37. The van der Waals surface area contributed by atoms with E-state index in [-0.39, 0.29) is 11.4 Å². The monoisotopic (exact) mass is 430 g/mol. The summed E-state index contributed by atoms with van der Waals surface area (Å²) in [5, 5.41) is 10.1. The van der Waals surface area contributed by atoms with Gasteiger partial charge in [0.1, 0.15) is 17.1 Å². The number of rotatable bonds is 13. The smallest absolute Gasteiger partial charge is 0.154 e. The van der Waals surface area contributed by atoms with E-state index in [1.807, 2.05) is 6.92 Å². The van der Waals surface area contributed by atoms with Gasteiger partial charge in [-0.1, -0.05) is 72.6 Å². The highest BCUT2D eigenvalue weighted by molar-refractivity contribution is 5.83. The standard InChI is InChI=1S/C28H46O3/c1-20(2)10-7-11-21(3)12-8-13-22(4)14-9-16-28(6)17-15-24-25(19-29)26(30)18-23(5)27(24)31-28/h18-22,30H,7-17H2,1-6H3/t21-,22-,28+/m1/s1. The second-order valence-electron chi connectivity index (χ2n) is 11.0. The molecule has 0 saturated carbocycles. The van der Waals surface area contributed by atoms with Crippen LogP contribution in [0.4, 0.5) is 0 Å². The molecule has 0 spiro atoms. The molecule has 0 aliphatic carbocycles. The van der Waals surface area contributed by atoms with Gasteiger partial charge < -0.3 is 9.84 Å². The summed E-state index contributed by atoms with van der Waals surface area (Å²) in [6, 6.07) is 1.65. The highest BCUT2D eigenvalue weighted by atomic mass is 16.5. The Morgan fingerprint density at radius 3 is 2.19 bits per heavy atom. The van der Waals surface area contributed by atoms with Crippen LogP contribution in [-0.2, 0) is 6.42 Å². The van der Waals surface area contributed by atoms with Crippen LogP contribution in [0.1, 0.15) is 120 Å². The summed E-state index contributed by atoms with van der Waals surface area (Å²) >= 11 is 0. The Balaban J connectivity index is 1.73. The van der Waals surface area contributed by atoms with Crippen molar-refractivity contribution in [1.29, 1.82) is 0 Å². The van der Waals surface area contributed by atoms with Crippen molar-refractivity contribution in [1.82, 2.24) is 0 Å². The molecule has 0 radical (unpaired) electrons. The second kappa shape index (κ2) is 11.9. The third-order valence-corrected chi connectivity index (χ3v) is 7.23. The number of aldehydes is 1. The third kappa shape index (κ3) is 7.84. The van der Waals surface area contributed by atoms with Crippen LogP contribution in [0.3, 0.4) is 0 Å². The Kier molecular flexibility index (Phi) is 9.90. The van der Waals surface area contributed by atoms with Crippen LogP contribution in [0.2, 0.25) is 0 Å². The molecule has 1 aliphatic heterocycles. The zero-order valence-electron chi connectivity index (χ0n) is 20.9. The molecule has 3 atom stereocenters. The van der Waals surface area contributed by atoms with Gasteiger partial charge in [-0.2, -0.15) is 0 Å². The lowest BCUT2D eigenvalue weighted by atomic mass is 9.84. The molecule has 1 aliphatic rings. The molecule has 0 bridgehead atoms. The first-order valence-corrected chi connectivity index (χ1v) is 12.6. The highest BCUT2D eigenvalue weighted by Crippen LogP contribution is 2.42. The normalized spacial score (nSPS) is 20.2. The Bertz CT molecular complexity index is 709. The van der Waals surface area contributed by atoms with Gasteiger partial charge in [0, 0.05) is 5.56 Å². The van der Waals surface area contributed by atoms with Crippen LogP contribution in [0.25, 0.3) is 0 Å². The predicted octanol–water partition coefficient (Wildman–Crippen LogP) is 8.04. The van der Waals surface area contributed by atoms with E-state index in [1.165, 1.54) is 51.4 Å². The number of phenolic OH excluding ortho intramolecular Hbond substituents is 1. The Labute approximate surface area is 191 Å². The lowest BCUT2D eigenvalue weighted by Gasteiger charge is -2.37. The number of hydrogen-bond acceptors (Lipinski definition) is 3. The molecule has 31 heavy (non-hydrogen) atoms. The topological polar surface area (TPSA) is 46.5 Å². The fraction of sp³-hybridized carbons (Fsp3) is 0.750. The quantitative estimate of drug-likeness (QED) is 0.322. The lowest BCUT2D eigenvalue weighted by molar-refractivity contribution is 0.0511. The molecule has 3 heteroatoms. The van der Waals surface area contributed by atoms with Gasteiger partial charge >= 0.3 is 0 Å². The maximum absolute atomic E-state index is 11.4. The minimum atomic E-state index is -0.181. The van der Waals surface area contributed by atoms with Gasteiger partial charge in [-0.3, -0.25) is 4.79 Å². The number of ether oxygens (including phenoxy) is 1. The maximum Gasteiger partial charge on any atom is 0.154 e. The van der Waals surface area contributed by atoms with Crippen LogP contribution in [-0.4, -0.2) is 17.0 Å². The summed E-state index contributed by atoms with van der Waals surface area (Å²) in [5.41, 5.74) is 2.01. The van der Waals surface area contributed by atoms with Crippen molar-refractivity contribution in [3.05, 3.63) is 22.8 Å². The van der Waals surface area contributed by atoms with E-state index < -0.39 is 0 Å². The number of carbonyl (C=O) groups excluding carboxylic acids is 1. The average molecular weight is 431 g/mol. The molecule has 0 saturated heterocycles. The zero-order chi connectivity index (χ0) is 23.0. The molecular weight excluding hydrogens is 384 g/mol. The van der Waals surface area contributed by atoms with Crippen molar-refractivity contribution < 1.29 is 14.6 Å². The van der Waals surface area contributed by atoms with Gasteiger partial charge in [-0.25, -0.2) is 0 Å². The van der Waals surface area contributed by atoms with Gasteiger partial charge in [-0.05, 0) is 68.9 Å². The number of fused-ring (bicyclic) bond motifs is 1. The molecule has 1 heterocycles. The van der Waals surface area contributed by atoms with Gasteiger partial charge in [0.05, 0.1) is 5.56 Å². The van der Waals surface area contributed by atoms with Crippen LogP contribution in [0.15, 0.2) is 6.07 Å². The summed E-state index contributed by atoms with van der Waals surface area (Å²) < 4.78 is 6.43. The second-order valence-corrected chi connectivity index (χ2v) is 11.0. The van der Waals surface area contributed by atoms with Crippen molar-refractivity contribution >= 4 is 6.29 Å². The first-order chi connectivity index (χ1) is 14.6. The van der Waals surface area contributed by atoms with E-state index in [0.717, 1.165) is 60.2 Å². The number of aromatic hydroxyl groups is 1. The molecule has 3 nitrogen and oxygen atoms in total. The summed E-state index contributed by atoms with van der Waals surface area (Å²) in [7, 11) is 0. The minimum Gasteiger partial charge on any atom is -0.507 e. The summed E-state index contributed by atoms with van der Waals surface area (Å²) in [5.74, 6) is 3.34. The van der Waals surface area contributed by atoms with Crippen LogP contribution in [0.5, 0.6) is 11.5 Å². The molecule has 0 amide bonds. The van der Waals surface area contributed by atoms with Crippen molar-refractivity contribution in [2.75, 3.05) is 0 Å². The van der Waals surface area contributed by atoms with Crippen LogP contribution < -0.4 is 4.74 Å². The molecule has 1 N–H and O–H groups in total. The Hall–Kier alpha value is -1.51. The van der Waals surface area contributed by atoms with Crippen molar-refractivity contribution in [3.8, 4) is 11.5 Å². The van der Waals surface area contributed by atoms with Gasteiger partial charge in [0.2, 0.25) is 0 Å². The van der Waals surface area contributed by atoms with Crippen molar-refractivity contribution in [2.45, 2.75) is 118 Å². The van der Waals surface area contributed by atoms with Crippen molar-refractivity contribution in [2.24, 2.45) is 17.8 Å². The largest absolute Gasteiger partial charge is 0.507 e. The molecule has 0 unspecified atom stereocenters. The first-order valence-electron chi connectivity index (χ1n) is 12.6. The molecule has 0 aromatic heterocycles. The van der Waals surface area contributed by atoms with E-state index in [4.69, 9.17) is 4.74 Å². The average Bonchev–Trinajstić information content (AvgIpc) is 2.68. The molecule has 1 aromatic carbocycles. The van der Waals surface area contributed by atoms with Gasteiger partial charge in [0.25, 0.3) is 0 Å². The van der Waals surface area contributed by atoms with E-state index in [1.54, 1.807) is 6.07 Å². The first kappa shape index (κ1) is 25.7. The van der Waals surface area contributed by atoms with Crippen LogP contribution >= 0.6 is 0 Å². The Morgan fingerprint density at radius 2 is 1.61 bits per heavy atom. The number of carbonyl (C=O) groups is 1. The number of benzene rings is 1. The number of hydrogen-bond donors (Lipinski definition) is 1. The van der Waals surface area contributed by atoms with E-state index in [2.05, 4.69) is 34.6 Å². The molecule has 0 fully saturated rings. The maximum atomic E-state index is 11.4. The van der Waals surface area contributed by atoms with Crippen molar-refractivity contribution in [3.63, 3.8) is 0 Å². The number of phenols is 1. The highest BCUT2D eigenvalue weighted by Gasteiger charge is 2.34. The summed E-state index contributed by atoms with van der Waals surface area (Å²) in [6.07, 6.45) is 14.1.